The molecule has 0 amide bonds. The van der Waals surface area contributed by atoms with Crippen LogP contribution in [0.5, 0.6) is 0 Å². The first kappa shape index (κ1) is 11.8. The molecule has 0 bridgehead atoms. The Labute approximate surface area is 111 Å². The summed E-state index contributed by atoms with van der Waals surface area (Å²) >= 11 is 0. The lowest BCUT2D eigenvalue weighted by Gasteiger charge is -2.11. The number of anilines is 1. The van der Waals surface area contributed by atoms with Crippen LogP contribution < -0.4 is 5.73 Å². The molecule has 96 valence electrons. The van der Waals surface area contributed by atoms with Gasteiger partial charge < -0.3 is 10.3 Å². The fourth-order valence-corrected chi connectivity index (χ4v) is 2.46. The van der Waals surface area contributed by atoms with Crippen LogP contribution in [0.4, 0.5) is 10.1 Å². The van der Waals surface area contributed by atoms with E-state index >= 15 is 0 Å². The number of hydrogen-bond acceptors (Lipinski definition) is 1. The molecule has 3 heteroatoms. The van der Waals surface area contributed by atoms with Crippen LogP contribution in [0.2, 0.25) is 0 Å². The predicted molar refractivity (Wildman–Crippen MR) is 76.6 cm³/mol. The number of para-hydroxylation sites is 1. The van der Waals surface area contributed by atoms with Gasteiger partial charge in [-0.2, -0.15) is 0 Å². The summed E-state index contributed by atoms with van der Waals surface area (Å²) in [5, 5.41) is 1.16. The van der Waals surface area contributed by atoms with Crippen LogP contribution in [0.1, 0.15) is 11.3 Å². The van der Waals surface area contributed by atoms with Crippen molar-refractivity contribution in [1.29, 1.82) is 0 Å². The lowest BCUT2D eigenvalue weighted by molar-refractivity contribution is 0.602. The third-order valence-corrected chi connectivity index (χ3v) is 3.49. The number of nitrogens with two attached hydrogens (primary N) is 1. The molecule has 0 saturated carbocycles. The minimum absolute atomic E-state index is 0.253. The molecule has 2 nitrogen and oxygen atoms in total. The van der Waals surface area contributed by atoms with Crippen LogP contribution in [-0.2, 0) is 6.54 Å². The SMILES string of the molecule is Cc1cc2ccccc2n1Cc1c(N)cccc1F. The molecule has 0 aliphatic carbocycles. The van der Waals surface area contributed by atoms with Crippen molar-refractivity contribution in [3.05, 3.63) is 65.6 Å². The van der Waals surface area contributed by atoms with Crippen molar-refractivity contribution >= 4 is 16.6 Å². The van der Waals surface area contributed by atoms with Crippen molar-refractivity contribution in [2.45, 2.75) is 13.5 Å². The first-order chi connectivity index (χ1) is 9.16. The molecule has 1 aromatic heterocycles. The van der Waals surface area contributed by atoms with E-state index in [0.29, 0.717) is 17.8 Å². The van der Waals surface area contributed by atoms with E-state index in [9.17, 15) is 4.39 Å². The summed E-state index contributed by atoms with van der Waals surface area (Å²) in [5.41, 5.74) is 9.12. The highest BCUT2D eigenvalue weighted by atomic mass is 19.1. The molecule has 0 atom stereocenters. The number of nitrogens with zero attached hydrogens (tertiary/aromatic N) is 1. The van der Waals surface area contributed by atoms with Crippen molar-refractivity contribution in [3.8, 4) is 0 Å². The molecule has 1 heterocycles. The smallest absolute Gasteiger partial charge is 0.130 e. The molecule has 3 rings (SSSR count). The quantitative estimate of drug-likeness (QED) is 0.694. The van der Waals surface area contributed by atoms with Crippen LogP contribution in [0.25, 0.3) is 10.9 Å². The molecule has 2 aromatic carbocycles. The monoisotopic (exact) mass is 254 g/mol. The Morgan fingerprint density at radius 2 is 1.89 bits per heavy atom. The Bertz CT molecular complexity index is 723. The zero-order valence-corrected chi connectivity index (χ0v) is 10.7. The van der Waals surface area contributed by atoms with Gasteiger partial charge >= 0.3 is 0 Å². The number of halogens is 1. The van der Waals surface area contributed by atoms with Crippen molar-refractivity contribution in [3.63, 3.8) is 0 Å². The fourth-order valence-electron chi connectivity index (χ4n) is 2.46. The molecule has 0 aliphatic heterocycles. The standard InChI is InChI=1S/C16H15FN2/c1-11-9-12-5-2-3-8-16(12)19(11)10-13-14(17)6-4-7-15(13)18/h2-9H,10,18H2,1H3. The highest BCUT2D eigenvalue weighted by Crippen LogP contribution is 2.23. The van der Waals surface area contributed by atoms with E-state index in [2.05, 4.69) is 16.7 Å². The average Bonchev–Trinajstić information content (AvgIpc) is 2.70. The van der Waals surface area contributed by atoms with Crippen molar-refractivity contribution < 1.29 is 4.39 Å². The second kappa shape index (κ2) is 4.43. The molecular weight excluding hydrogens is 239 g/mol. The van der Waals surface area contributed by atoms with Gasteiger partial charge in [-0.3, -0.25) is 0 Å². The van der Waals surface area contributed by atoms with Gasteiger partial charge in [-0.05, 0) is 36.6 Å². The highest BCUT2D eigenvalue weighted by Gasteiger charge is 2.10. The normalized spacial score (nSPS) is 11.1. The summed E-state index contributed by atoms with van der Waals surface area (Å²) in [6.07, 6.45) is 0. The Balaban J connectivity index is 2.13. The molecular formula is C16H15FN2. The molecule has 0 saturated heterocycles. The van der Waals surface area contributed by atoms with Crippen LogP contribution in [-0.4, -0.2) is 4.57 Å². The lowest BCUT2D eigenvalue weighted by Crippen LogP contribution is -2.06. The van der Waals surface area contributed by atoms with Crippen LogP contribution in [0.3, 0.4) is 0 Å². The number of hydrogen-bond donors (Lipinski definition) is 1. The summed E-state index contributed by atoms with van der Waals surface area (Å²) in [6, 6.07) is 15.0. The van der Waals surface area contributed by atoms with Gasteiger partial charge in [-0.25, -0.2) is 4.39 Å². The van der Waals surface area contributed by atoms with E-state index in [1.807, 2.05) is 25.1 Å². The number of fused-ring (bicyclic) bond motifs is 1. The highest BCUT2D eigenvalue weighted by molar-refractivity contribution is 5.81. The van der Waals surface area contributed by atoms with E-state index in [4.69, 9.17) is 5.73 Å². The van der Waals surface area contributed by atoms with Gasteiger partial charge in [0, 0.05) is 22.5 Å². The molecule has 0 unspecified atom stereocenters. The maximum Gasteiger partial charge on any atom is 0.130 e. The second-order valence-electron chi connectivity index (χ2n) is 4.74. The summed E-state index contributed by atoms with van der Waals surface area (Å²) < 4.78 is 16.0. The molecule has 0 aliphatic rings. The van der Waals surface area contributed by atoms with Crippen molar-refractivity contribution in [2.24, 2.45) is 0 Å². The summed E-state index contributed by atoms with van der Waals surface area (Å²) in [6.45, 7) is 2.48. The molecule has 0 radical (unpaired) electrons. The predicted octanol–water partition coefficient (Wildman–Crippen LogP) is 3.72. The van der Waals surface area contributed by atoms with Gasteiger partial charge in [0.2, 0.25) is 0 Å². The number of rotatable bonds is 2. The fraction of sp³-hybridized carbons (Fsp3) is 0.125. The molecule has 2 N–H and O–H groups in total. The van der Waals surface area contributed by atoms with E-state index in [-0.39, 0.29) is 5.82 Å². The average molecular weight is 254 g/mol. The van der Waals surface area contributed by atoms with Gasteiger partial charge in [-0.15, -0.1) is 0 Å². The lowest BCUT2D eigenvalue weighted by atomic mass is 10.1. The zero-order valence-electron chi connectivity index (χ0n) is 10.7. The van der Waals surface area contributed by atoms with E-state index < -0.39 is 0 Å². The van der Waals surface area contributed by atoms with Crippen molar-refractivity contribution in [2.75, 3.05) is 5.73 Å². The third-order valence-electron chi connectivity index (χ3n) is 3.49. The topological polar surface area (TPSA) is 30.9 Å². The van der Waals surface area contributed by atoms with Gasteiger partial charge in [-0.1, -0.05) is 24.3 Å². The number of aryl methyl sites for hydroxylation is 1. The van der Waals surface area contributed by atoms with Gasteiger partial charge in [0.05, 0.1) is 6.54 Å². The number of aromatic nitrogens is 1. The summed E-state index contributed by atoms with van der Waals surface area (Å²) in [7, 11) is 0. The summed E-state index contributed by atoms with van der Waals surface area (Å²) in [4.78, 5) is 0. The zero-order chi connectivity index (χ0) is 13.4. The van der Waals surface area contributed by atoms with E-state index in [0.717, 1.165) is 16.6 Å². The molecule has 0 fully saturated rings. The number of benzene rings is 2. The molecule has 0 spiro atoms. The minimum Gasteiger partial charge on any atom is -0.398 e. The van der Waals surface area contributed by atoms with Crippen molar-refractivity contribution in [1.82, 2.24) is 4.57 Å². The Morgan fingerprint density at radius 1 is 1.11 bits per heavy atom. The van der Waals surface area contributed by atoms with Gasteiger partial charge in [0.25, 0.3) is 0 Å². The largest absolute Gasteiger partial charge is 0.398 e. The first-order valence-corrected chi connectivity index (χ1v) is 6.24. The van der Waals surface area contributed by atoms with E-state index in [1.165, 1.54) is 6.07 Å². The Morgan fingerprint density at radius 3 is 2.68 bits per heavy atom. The van der Waals surface area contributed by atoms with Gasteiger partial charge in [0.1, 0.15) is 5.82 Å². The summed E-state index contributed by atoms with van der Waals surface area (Å²) in [5.74, 6) is -0.253. The van der Waals surface area contributed by atoms with Crippen LogP contribution in [0.15, 0.2) is 48.5 Å². The molecule has 19 heavy (non-hydrogen) atoms. The van der Waals surface area contributed by atoms with Crippen LogP contribution in [0, 0.1) is 12.7 Å². The molecule has 3 aromatic rings. The number of nitrogen functional groups attached to an aromatic ring is 1. The minimum atomic E-state index is -0.253. The Kier molecular flexibility index (Phi) is 2.75. The third kappa shape index (κ3) is 1.97. The first-order valence-electron chi connectivity index (χ1n) is 6.24. The second-order valence-corrected chi connectivity index (χ2v) is 4.74. The maximum atomic E-state index is 13.9. The van der Waals surface area contributed by atoms with E-state index in [1.54, 1.807) is 12.1 Å². The van der Waals surface area contributed by atoms with Gasteiger partial charge in [0.15, 0.2) is 0 Å². The van der Waals surface area contributed by atoms with Crippen LogP contribution >= 0.6 is 0 Å². The maximum absolute atomic E-state index is 13.9. The Hall–Kier alpha value is -2.29.